The fraction of sp³-hybridized carbons (Fsp3) is 0. The number of furan rings is 1. The lowest BCUT2D eigenvalue weighted by Crippen LogP contribution is -2.18. The maximum absolute atomic E-state index is 13.8. The number of benzene rings is 2. The largest absolute Gasteiger partial charge is 0.449 e. The minimum atomic E-state index is -0.851. The van der Waals surface area contributed by atoms with Crippen LogP contribution in [0, 0.1) is 5.82 Å². The number of para-hydroxylation sites is 1. The van der Waals surface area contributed by atoms with Crippen molar-refractivity contribution in [2.45, 2.75) is 0 Å². The Bertz CT molecular complexity index is 916. The van der Waals surface area contributed by atoms with Gasteiger partial charge in [-0.05, 0) is 24.3 Å². The highest BCUT2D eigenvalue weighted by molar-refractivity contribution is 6.34. The zero-order chi connectivity index (χ0) is 16.6. The van der Waals surface area contributed by atoms with E-state index in [4.69, 9.17) is 21.8 Å². The van der Waals surface area contributed by atoms with E-state index in [1.807, 2.05) is 0 Å². The third kappa shape index (κ3) is 2.64. The van der Waals surface area contributed by atoms with Crippen LogP contribution in [-0.2, 0) is 0 Å². The van der Waals surface area contributed by atoms with Crippen LogP contribution in [0.1, 0.15) is 20.9 Å². The summed E-state index contributed by atoms with van der Waals surface area (Å²) >= 11 is 5.87. The monoisotopic (exact) mass is 332 g/mol. The summed E-state index contributed by atoms with van der Waals surface area (Å²) in [6.45, 7) is 0. The van der Waals surface area contributed by atoms with Gasteiger partial charge in [0.15, 0.2) is 0 Å². The van der Waals surface area contributed by atoms with Gasteiger partial charge < -0.3 is 15.5 Å². The summed E-state index contributed by atoms with van der Waals surface area (Å²) in [5.41, 5.74) is 5.40. The van der Waals surface area contributed by atoms with E-state index < -0.39 is 17.6 Å². The second-order valence-electron chi connectivity index (χ2n) is 4.72. The molecule has 0 aliphatic carbocycles. The van der Waals surface area contributed by atoms with Crippen LogP contribution in [0.3, 0.4) is 0 Å². The lowest BCUT2D eigenvalue weighted by Gasteiger charge is -2.07. The number of carbonyl (C=O) groups is 2. The Kier molecular flexibility index (Phi) is 3.75. The van der Waals surface area contributed by atoms with Gasteiger partial charge >= 0.3 is 0 Å². The maximum atomic E-state index is 13.8. The quantitative estimate of drug-likeness (QED) is 0.768. The van der Waals surface area contributed by atoms with Crippen molar-refractivity contribution < 1.29 is 18.4 Å². The molecule has 1 aromatic heterocycles. The molecule has 7 heteroatoms. The molecule has 0 fully saturated rings. The van der Waals surface area contributed by atoms with E-state index in [1.165, 1.54) is 12.1 Å². The smallest absolute Gasteiger partial charge is 0.286 e. The number of carbonyl (C=O) groups excluding carboxylic acids is 2. The number of fused-ring (bicyclic) bond motifs is 1. The molecule has 3 N–H and O–H groups in total. The topological polar surface area (TPSA) is 85.3 Å². The zero-order valence-corrected chi connectivity index (χ0v) is 12.4. The van der Waals surface area contributed by atoms with Gasteiger partial charge in [0.05, 0.1) is 10.6 Å². The third-order valence-corrected chi connectivity index (χ3v) is 3.56. The van der Waals surface area contributed by atoms with Crippen molar-refractivity contribution in [2.24, 2.45) is 5.73 Å². The molecule has 116 valence electrons. The van der Waals surface area contributed by atoms with Gasteiger partial charge in [-0.3, -0.25) is 9.59 Å². The summed E-state index contributed by atoms with van der Waals surface area (Å²) in [5, 5.41) is 2.88. The third-order valence-electron chi connectivity index (χ3n) is 3.25. The minimum Gasteiger partial charge on any atom is -0.449 e. The fourth-order valence-corrected chi connectivity index (χ4v) is 2.48. The first-order valence-corrected chi connectivity index (χ1v) is 6.93. The molecule has 0 unspecified atom stereocenters. The highest BCUT2D eigenvalue weighted by Crippen LogP contribution is 2.31. The number of primary amides is 1. The standard InChI is InChI=1S/C16H10ClFN2O3/c17-9-5-3-6-10(18)12(9)16(22)20-13-8-4-1-2-7-11(8)23-14(13)15(19)21/h1-7H,(H2,19,21)(H,20,22). The van der Waals surface area contributed by atoms with Crippen molar-refractivity contribution in [1.29, 1.82) is 0 Å². The molecule has 0 saturated carbocycles. The van der Waals surface area contributed by atoms with Crippen LogP contribution >= 0.6 is 11.6 Å². The fourth-order valence-electron chi connectivity index (χ4n) is 2.23. The van der Waals surface area contributed by atoms with Gasteiger partial charge in [0.1, 0.15) is 17.1 Å². The molecule has 0 saturated heterocycles. The number of halogens is 2. The first-order valence-electron chi connectivity index (χ1n) is 6.55. The van der Waals surface area contributed by atoms with Crippen LogP contribution in [0.15, 0.2) is 46.9 Å². The molecule has 0 aliphatic heterocycles. The first kappa shape index (κ1) is 15.1. The Morgan fingerprint density at radius 2 is 1.87 bits per heavy atom. The number of amides is 2. The zero-order valence-electron chi connectivity index (χ0n) is 11.6. The number of hydrogen-bond donors (Lipinski definition) is 2. The predicted molar refractivity (Wildman–Crippen MR) is 84.1 cm³/mol. The summed E-state index contributed by atoms with van der Waals surface area (Å²) < 4.78 is 19.2. The van der Waals surface area contributed by atoms with Crippen LogP contribution in [0.4, 0.5) is 10.1 Å². The van der Waals surface area contributed by atoms with E-state index in [9.17, 15) is 14.0 Å². The van der Waals surface area contributed by atoms with E-state index in [0.29, 0.717) is 11.0 Å². The number of anilines is 1. The molecule has 0 aliphatic rings. The Morgan fingerprint density at radius 3 is 2.57 bits per heavy atom. The van der Waals surface area contributed by atoms with Crippen molar-refractivity contribution in [2.75, 3.05) is 5.32 Å². The normalized spacial score (nSPS) is 10.7. The number of hydrogen-bond acceptors (Lipinski definition) is 3. The lowest BCUT2D eigenvalue weighted by molar-refractivity contribution is 0.0977. The molecule has 1 heterocycles. The minimum absolute atomic E-state index is 0.0454. The highest BCUT2D eigenvalue weighted by atomic mass is 35.5. The van der Waals surface area contributed by atoms with Crippen molar-refractivity contribution in [3.05, 3.63) is 64.6 Å². The van der Waals surface area contributed by atoms with Crippen molar-refractivity contribution >= 4 is 40.1 Å². The molecular formula is C16H10ClFN2O3. The maximum Gasteiger partial charge on any atom is 0.286 e. The van der Waals surface area contributed by atoms with Crippen LogP contribution in [0.2, 0.25) is 5.02 Å². The van der Waals surface area contributed by atoms with Crippen LogP contribution in [-0.4, -0.2) is 11.8 Å². The highest BCUT2D eigenvalue weighted by Gasteiger charge is 2.23. The average Bonchev–Trinajstić information content (AvgIpc) is 2.86. The lowest BCUT2D eigenvalue weighted by atomic mass is 10.1. The molecule has 0 radical (unpaired) electrons. The molecule has 3 aromatic rings. The van der Waals surface area contributed by atoms with E-state index in [-0.39, 0.29) is 22.0 Å². The van der Waals surface area contributed by atoms with Crippen molar-refractivity contribution in [3.63, 3.8) is 0 Å². The van der Waals surface area contributed by atoms with Crippen molar-refractivity contribution in [1.82, 2.24) is 0 Å². The van der Waals surface area contributed by atoms with E-state index >= 15 is 0 Å². The van der Waals surface area contributed by atoms with Gasteiger partial charge in [-0.1, -0.05) is 29.8 Å². The Labute approximate surface area is 134 Å². The molecule has 0 bridgehead atoms. The number of nitrogens with two attached hydrogens (primary N) is 1. The number of rotatable bonds is 3. The van der Waals surface area contributed by atoms with E-state index in [2.05, 4.69) is 5.32 Å². The molecule has 3 rings (SSSR count). The van der Waals surface area contributed by atoms with Gasteiger partial charge in [0, 0.05) is 5.39 Å². The van der Waals surface area contributed by atoms with Gasteiger partial charge in [0.2, 0.25) is 5.76 Å². The summed E-state index contributed by atoms with van der Waals surface area (Å²) in [6, 6.07) is 10.6. The summed E-state index contributed by atoms with van der Waals surface area (Å²) in [5.74, 6) is -2.64. The summed E-state index contributed by atoms with van der Waals surface area (Å²) in [6.07, 6.45) is 0. The van der Waals surface area contributed by atoms with Crippen LogP contribution in [0.25, 0.3) is 11.0 Å². The number of nitrogens with one attached hydrogen (secondary N) is 1. The molecule has 2 amide bonds. The van der Waals surface area contributed by atoms with Crippen LogP contribution < -0.4 is 11.1 Å². The Morgan fingerprint density at radius 1 is 1.13 bits per heavy atom. The molecular weight excluding hydrogens is 323 g/mol. The van der Waals surface area contributed by atoms with Crippen LogP contribution in [0.5, 0.6) is 0 Å². The van der Waals surface area contributed by atoms with E-state index in [1.54, 1.807) is 24.3 Å². The molecule has 0 spiro atoms. The Hall–Kier alpha value is -2.86. The molecule has 23 heavy (non-hydrogen) atoms. The second-order valence-corrected chi connectivity index (χ2v) is 5.12. The first-order chi connectivity index (χ1) is 11.0. The SMILES string of the molecule is NC(=O)c1oc2ccccc2c1NC(=O)c1c(F)cccc1Cl. The van der Waals surface area contributed by atoms with Gasteiger partial charge in [-0.2, -0.15) is 0 Å². The average molecular weight is 333 g/mol. The van der Waals surface area contributed by atoms with Gasteiger partial charge in [-0.15, -0.1) is 0 Å². The molecule has 0 atom stereocenters. The van der Waals surface area contributed by atoms with E-state index in [0.717, 1.165) is 6.07 Å². The Balaban J connectivity index is 2.09. The summed E-state index contributed by atoms with van der Waals surface area (Å²) in [7, 11) is 0. The summed E-state index contributed by atoms with van der Waals surface area (Å²) in [4.78, 5) is 23.9. The van der Waals surface area contributed by atoms with Gasteiger partial charge in [-0.25, -0.2) is 4.39 Å². The molecule has 2 aromatic carbocycles. The van der Waals surface area contributed by atoms with Gasteiger partial charge in [0.25, 0.3) is 11.8 Å². The second kappa shape index (κ2) is 5.73. The molecule has 5 nitrogen and oxygen atoms in total. The van der Waals surface area contributed by atoms with Crippen molar-refractivity contribution in [3.8, 4) is 0 Å². The predicted octanol–water partition coefficient (Wildman–Crippen LogP) is 3.58.